The molecule has 2 atom stereocenters. The van der Waals surface area contributed by atoms with Gasteiger partial charge >= 0.3 is 0 Å². The number of hydrogen-bond acceptors (Lipinski definition) is 16. The van der Waals surface area contributed by atoms with E-state index < -0.39 is 6.04 Å². The van der Waals surface area contributed by atoms with Crippen molar-refractivity contribution in [2.24, 2.45) is 17.2 Å². The average molecular weight is 973 g/mol. The molecule has 6 heterocycles. The molecule has 2 amide bonds. The van der Waals surface area contributed by atoms with E-state index in [1.807, 2.05) is 43.3 Å². The molecule has 0 spiro atoms. The van der Waals surface area contributed by atoms with E-state index in [9.17, 15) is 14.7 Å². The lowest BCUT2D eigenvalue weighted by molar-refractivity contribution is -0.138. The number of phenolic OH excluding ortho intramolecular Hbond substituents is 1. The number of likely N-dealkylation sites (tertiary alicyclic amines) is 2. The van der Waals surface area contributed by atoms with Gasteiger partial charge in [0.05, 0.1) is 42.5 Å². The van der Waals surface area contributed by atoms with Gasteiger partial charge in [0.25, 0.3) is 0 Å². The lowest BCUT2D eigenvalue weighted by atomic mass is 10.1. The summed E-state index contributed by atoms with van der Waals surface area (Å²) in [5.74, 6) is 1.76. The Morgan fingerprint density at radius 1 is 0.901 bits per heavy atom. The van der Waals surface area contributed by atoms with Gasteiger partial charge in [-0.25, -0.2) is 4.98 Å². The molecule has 2 aromatic heterocycles. The topological polar surface area (TPSA) is 242 Å². The predicted molar refractivity (Wildman–Crippen MR) is 274 cm³/mol. The van der Waals surface area contributed by atoms with Crippen LogP contribution in [0.15, 0.2) is 95.0 Å². The zero-order chi connectivity index (χ0) is 50.3. The van der Waals surface area contributed by atoms with Gasteiger partial charge in [0, 0.05) is 101 Å². The molecule has 4 aromatic rings. The monoisotopic (exact) mass is 973 g/mol. The van der Waals surface area contributed by atoms with Crippen LogP contribution in [0.5, 0.6) is 11.6 Å². The molecule has 18 heteroatoms. The minimum absolute atomic E-state index is 0.0417. The minimum atomic E-state index is -0.538. The Kier molecular flexibility index (Phi) is 18.4. The highest BCUT2D eigenvalue weighted by molar-refractivity contribution is 5.89. The Hall–Kier alpha value is -6.97. The third-order valence-corrected chi connectivity index (χ3v) is 13.5. The Morgan fingerprint density at radius 3 is 2.30 bits per heavy atom. The van der Waals surface area contributed by atoms with Crippen molar-refractivity contribution in [2.45, 2.75) is 96.4 Å². The number of benzene rings is 2. The molecular formula is C53H72N12O6. The van der Waals surface area contributed by atoms with Crippen LogP contribution >= 0.6 is 0 Å². The van der Waals surface area contributed by atoms with Crippen molar-refractivity contribution >= 4 is 29.0 Å². The number of nitriles is 1. The van der Waals surface area contributed by atoms with Crippen LogP contribution in [-0.4, -0.2) is 132 Å². The SMILES string of the molecule is CC(NC(=O)C1CCCN1C(=O)Cc1cc(N2CCC(OCCN3CCC(Oc4cc(N5CCN(C(/C=C(\N)c6ccccc6O)=C(N)N)CC5)ccn4)CC3)CC2)no1)c1ccc(C#N)cc1.CCC. The molecule has 0 aliphatic carbocycles. The second-order valence-corrected chi connectivity index (χ2v) is 18.7. The number of piperidine rings is 2. The lowest BCUT2D eigenvalue weighted by Crippen LogP contribution is -2.47. The third-order valence-electron chi connectivity index (χ3n) is 13.5. The number of anilines is 2. The van der Waals surface area contributed by atoms with E-state index >= 15 is 0 Å². The molecule has 4 fully saturated rings. The van der Waals surface area contributed by atoms with Gasteiger partial charge in [-0.2, -0.15) is 5.26 Å². The minimum Gasteiger partial charge on any atom is -0.507 e. The summed E-state index contributed by atoms with van der Waals surface area (Å²) < 4.78 is 18.4. The molecule has 4 aliphatic heterocycles. The zero-order valence-corrected chi connectivity index (χ0v) is 41.5. The van der Waals surface area contributed by atoms with Crippen molar-refractivity contribution in [3.05, 3.63) is 113 Å². The van der Waals surface area contributed by atoms with Gasteiger partial charge in [-0.05, 0) is 87.4 Å². The molecule has 2 aromatic carbocycles. The number of para-hydroxylation sites is 1. The molecule has 4 aliphatic rings. The average Bonchev–Trinajstić information content (AvgIpc) is 4.08. The number of aromatic nitrogens is 2. The maximum absolute atomic E-state index is 13.4. The maximum Gasteiger partial charge on any atom is 0.243 e. The first kappa shape index (κ1) is 51.9. The van der Waals surface area contributed by atoms with Crippen molar-refractivity contribution in [1.29, 1.82) is 5.26 Å². The van der Waals surface area contributed by atoms with Crippen molar-refractivity contribution < 1.29 is 28.7 Å². The maximum atomic E-state index is 13.4. The van der Waals surface area contributed by atoms with Crippen molar-refractivity contribution in [3.63, 3.8) is 0 Å². The smallest absolute Gasteiger partial charge is 0.243 e. The van der Waals surface area contributed by atoms with Crippen LogP contribution in [-0.2, 0) is 20.7 Å². The highest BCUT2D eigenvalue weighted by Gasteiger charge is 2.35. The van der Waals surface area contributed by atoms with Crippen LogP contribution in [0, 0.1) is 11.3 Å². The molecule has 0 bridgehead atoms. The molecule has 71 heavy (non-hydrogen) atoms. The van der Waals surface area contributed by atoms with E-state index in [1.165, 1.54) is 6.42 Å². The number of aromatic hydroxyl groups is 1. The second kappa shape index (κ2) is 25.2. The highest BCUT2D eigenvalue weighted by Crippen LogP contribution is 2.28. The van der Waals surface area contributed by atoms with Gasteiger partial charge in [0.15, 0.2) is 5.82 Å². The number of carbonyl (C=O) groups is 2. The van der Waals surface area contributed by atoms with E-state index in [1.54, 1.807) is 47.5 Å². The van der Waals surface area contributed by atoms with E-state index in [2.05, 4.69) is 55.0 Å². The molecule has 8 rings (SSSR count). The number of carbonyl (C=O) groups excluding carboxylic acids is 2. The summed E-state index contributed by atoms with van der Waals surface area (Å²) in [5.41, 5.74) is 22.6. The van der Waals surface area contributed by atoms with Crippen LogP contribution in [0.25, 0.3) is 5.70 Å². The van der Waals surface area contributed by atoms with E-state index in [0.29, 0.717) is 72.6 Å². The molecule has 8 N–H and O–H groups in total. The molecule has 18 nitrogen and oxygen atoms in total. The van der Waals surface area contributed by atoms with E-state index in [0.717, 1.165) is 89.2 Å². The summed E-state index contributed by atoms with van der Waals surface area (Å²) in [7, 11) is 0. The van der Waals surface area contributed by atoms with Crippen LogP contribution in [0.1, 0.15) is 94.2 Å². The molecule has 4 saturated heterocycles. The van der Waals surface area contributed by atoms with Crippen LogP contribution < -0.4 is 37.1 Å². The fourth-order valence-electron chi connectivity index (χ4n) is 9.55. The first-order chi connectivity index (χ1) is 34.4. The summed E-state index contributed by atoms with van der Waals surface area (Å²) in [6.07, 6.45) is 10.0. The van der Waals surface area contributed by atoms with Crippen molar-refractivity contribution in [2.75, 3.05) is 81.9 Å². The summed E-state index contributed by atoms with van der Waals surface area (Å²) in [6, 6.07) is 21.2. The Labute approximate surface area is 418 Å². The number of pyridine rings is 1. The van der Waals surface area contributed by atoms with Crippen molar-refractivity contribution in [1.82, 2.24) is 30.2 Å². The lowest BCUT2D eigenvalue weighted by Gasteiger charge is -2.38. The number of rotatable bonds is 16. The number of ether oxygens (including phenoxy) is 2. The zero-order valence-electron chi connectivity index (χ0n) is 41.5. The number of piperazine rings is 1. The van der Waals surface area contributed by atoms with Crippen molar-refractivity contribution in [3.8, 4) is 17.7 Å². The van der Waals surface area contributed by atoms with E-state index in [4.69, 9.17) is 36.5 Å². The fourth-order valence-corrected chi connectivity index (χ4v) is 9.55. The van der Waals surface area contributed by atoms with Gasteiger partial charge in [0.1, 0.15) is 29.5 Å². The molecule has 2 unspecified atom stereocenters. The Bertz CT molecular complexity index is 2460. The molecule has 380 valence electrons. The summed E-state index contributed by atoms with van der Waals surface area (Å²) in [6.45, 7) is 14.5. The van der Waals surface area contributed by atoms with Gasteiger partial charge in [-0.15, -0.1) is 0 Å². The molecule has 0 saturated carbocycles. The van der Waals surface area contributed by atoms with Gasteiger partial charge in [-0.1, -0.05) is 49.7 Å². The summed E-state index contributed by atoms with van der Waals surface area (Å²) >= 11 is 0. The summed E-state index contributed by atoms with van der Waals surface area (Å²) in [5, 5.41) is 26.7. The van der Waals surface area contributed by atoms with E-state index in [-0.39, 0.29) is 48.1 Å². The number of nitrogens with two attached hydrogens (primary N) is 3. The number of nitrogens with zero attached hydrogens (tertiary/aromatic N) is 8. The van der Waals surface area contributed by atoms with Gasteiger partial charge in [-0.3, -0.25) is 9.59 Å². The molecular weight excluding hydrogens is 901 g/mol. The third kappa shape index (κ3) is 14.1. The molecule has 0 radical (unpaired) electrons. The van der Waals surface area contributed by atoms with Gasteiger partial charge < -0.3 is 66.1 Å². The highest BCUT2D eigenvalue weighted by atomic mass is 16.5. The number of allylic oxidation sites excluding steroid dienone is 1. The number of nitrogens with one attached hydrogen (secondary N) is 1. The fraction of sp³-hybridized carbons (Fsp3) is 0.491. The Morgan fingerprint density at radius 2 is 1.61 bits per heavy atom. The van der Waals surface area contributed by atoms with Crippen LogP contribution in [0.3, 0.4) is 0 Å². The quantitative estimate of drug-likeness (QED) is 0.0906. The number of amides is 2. The number of hydrogen-bond donors (Lipinski definition) is 5. The first-order valence-electron chi connectivity index (χ1n) is 25.2. The summed E-state index contributed by atoms with van der Waals surface area (Å²) in [4.78, 5) is 41.9. The van der Waals surface area contributed by atoms with Gasteiger partial charge in [0.2, 0.25) is 17.7 Å². The largest absolute Gasteiger partial charge is 0.507 e. The van der Waals surface area contributed by atoms with Crippen LogP contribution in [0.2, 0.25) is 0 Å². The predicted octanol–water partition coefficient (Wildman–Crippen LogP) is 5.21. The standard InChI is InChI=1S/C50H64N12O6.C3H8/c1-34(36-10-8-35(33-51)9-11-36)56-50(65)43-6-4-18-62(43)48(64)31-40-30-46(57-68-40)61-21-15-38(16-22-61)66-28-27-58-19-13-39(14-20-58)67-47-29-37(12-17-55-47)59-23-25-60(26-24-59)44(49(53)54)32-42(52)41-5-2-3-7-45(41)63;1-3-2/h2-3,5,7-12,17,29-30,32,34,38-39,43,63H,4,6,13-16,18-28,31,52-54H2,1H3,(H,56,65);3H2,1-2H3/b42-32-;. The normalized spacial score (nSPS) is 18.6. The van der Waals surface area contributed by atoms with Crippen LogP contribution in [0.4, 0.5) is 11.5 Å². The second-order valence-electron chi connectivity index (χ2n) is 18.7. The number of phenols is 1. The first-order valence-corrected chi connectivity index (χ1v) is 25.2. The Balaban J connectivity index is 0.00000241.